The summed E-state index contributed by atoms with van der Waals surface area (Å²) in [5, 5.41) is 19.4. The first-order valence-corrected chi connectivity index (χ1v) is 10.7. The van der Waals surface area contributed by atoms with Crippen LogP contribution in [0.3, 0.4) is 0 Å². The first-order chi connectivity index (χ1) is 13.7. The molecule has 4 nitrogen and oxygen atoms in total. The Morgan fingerprint density at radius 3 is 2.07 bits per heavy atom. The molecule has 2 aromatic rings. The predicted molar refractivity (Wildman–Crippen MR) is 119 cm³/mol. The summed E-state index contributed by atoms with van der Waals surface area (Å²) in [5.41, 5.74) is 1.64. The van der Waals surface area contributed by atoms with Gasteiger partial charge in [0.2, 0.25) is 0 Å². The number of alkyl halides is 1. The van der Waals surface area contributed by atoms with E-state index in [1.165, 1.54) is 0 Å². The lowest BCUT2D eigenvalue weighted by atomic mass is 9.78. The van der Waals surface area contributed by atoms with Crippen LogP contribution in [0.1, 0.15) is 31.9 Å². The molecule has 29 heavy (non-hydrogen) atoms. The highest BCUT2D eigenvalue weighted by molar-refractivity contribution is 6.37. The number of rotatable bonds is 10. The Morgan fingerprint density at radius 2 is 1.55 bits per heavy atom. The summed E-state index contributed by atoms with van der Waals surface area (Å²) in [6.45, 7) is 6.66. The molecule has 0 unspecified atom stereocenters. The van der Waals surface area contributed by atoms with Crippen LogP contribution in [0, 0.1) is 5.92 Å². The first kappa shape index (κ1) is 24.1. The maximum absolute atomic E-state index is 9.57. The molecular weight excluding hydrogens is 435 g/mol. The van der Waals surface area contributed by atoms with E-state index in [2.05, 4.69) is 13.8 Å². The highest BCUT2D eigenvalue weighted by Crippen LogP contribution is 2.40. The molecule has 0 aromatic heterocycles. The summed E-state index contributed by atoms with van der Waals surface area (Å²) in [6, 6.07) is 11.5. The van der Waals surface area contributed by atoms with Crippen molar-refractivity contribution in [1.29, 1.82) is 0 Å². The Kier molecular flexibility index (Phi) is 8.92. The lowest BCUT2D eigenvalue weighted by molar-refractivity contribution is 0.125. The van der Waals surface area contributed by atoms with Gasteiger partial charge in [-0.3, -0.25) is 0 Å². The Hall–Kier alpha value is -1.17. The third-order valence-corrected chi connectivity index (χ3v) is 5.66. The molecule has 0 radical (unpaired) electrons. The molecule has 2 N–H and O–H groups in total. The van der Waals surface area contributed by atoms with E-state index < -0.39 is 6.10 Å². The van der Waals surface area contributed by atoms with Crippen molar-refractivity contribution in [2.24, 2.45) is 5.92 Å². The molecule has 0 saturated carbocycles. The molecule has 0 fully saturated rings. The quantitative estimate of drug-likeness (QED) is 0.471. The van der Waals surface area contributed by atoms with Gasteiger partial charge in [-0.15, -0.1) is 11.6 Å². The molecule has 7 heteroatoms. The van der Waals surface area contributed by atoms with Crippen molar-refractivity contribution < 1.29 is 19.7 Å². The van der Waals surface area contributed by atoms with Crippen LogP contribution >= 0.6 is 34.8 Å². The maximum Gasteiger partial charge on any atom is 0.156 e. The first-order valence-electron chi connectivity index (χ1n) is 9.39. The molecule has 0 aliphatic heterocycles. The van der Waals surface area contributed by atoms with Gasteiger partial charge in [-0.2, -0.15) is 0 Å². The SMILES string of the molecule is C[C@H](CO)COc1ccc(C(C)(C)c2cc(Cl)c(OC[C@@H](O)CCl)c(Cl)c2)cc1. The van der Waals surface area contributed by atoms with Gasteiger partial charge in [0.05, 0.1) is 22.5 Å². The normalized spacial score (nSPS) is 13.8. The molecule has 160 valence electrons. The molecule has 0 heterocycles. The van der Waals surface area contributed by atoms with Crippen LogP contribution in [0.15, 0.2) is 36.4 Å². The molecule has 2 aromatic carbocycles. The van der Waals surface area contributed by atoms with Crippen molar-refractivity contribution in [3.8, 4) is 11.5 Å². The van der Waals surface area contributed by atoms with E-state index in [9.17, 15) is 5.11 Å². The van der Waals surface area contributed by atoms with Gasteiger partial charge in [0, 0.05) is 17.9 Å². The molecule has 0 aliphatic rings. The molecule has 0 bridgehead atoms. The molecule has 2 atom stereocenters. The largest absolute Gasteiger partial charge is 0.493 e. The number of ether oxygens (including phenoxy) is 2. The molecule has 0 spiro atoms. The summed E-state index contributed by atoms with van der Waals surface area (Å²) >= 11 is 18.4. The van der Waals surface area contributed by atoms with E-state index in [0.717, 1.165) is 16.9 Å². The van der Waals surface area contributed by atoms with E-state index in [-0.39, 0.29) is 30.4 Å². The number of aliphatic hydroxyl groups excluding tert-OH is 2. The summed E-state index contributed by atoms with van der Waals surface area (Å²) in [4.78, 5) is 0. The predicted octanol–water partition coefficient (Wildman–Crippen LogP) is 5.31. The molecule has 2 rings (SSSR count). The Balaban J connectivity index is 2.19. The van der Waals surface area contributed by atoms with Crippen LogP contribution in [-0.4, -0.2) is 42.0 Å². The van der Waals surface area contributed by atoms with Crippen LogP contribution in [0.25, 0.3) is 0 Å². The van der Waals surface area contributed by atoms with Gasteiger partial charge in [-0.1, -0.05) is 56.1 Å². The van der Waals surface area contributed by atoms with Crippen LogP contribution in [0.5, 0.6) is 11.5 Å². The van der Waals surface area contributed by atoms with Crippen molar-refractivity contribution in [1.82, 2.24) is 0 Å². The summed E-state index contributed by atoms with van der Waals surface area (Å²) in [5.74, 6) is 1.24. The number of halogens is 3. The zero-order valence-corrected chi connectivity index (χ0v) is 19.1. The Bertz CT molecular complexity index is 770. The van der Waals surface area contributed by atoms with E-state index in [1.807, 2.05) is 43.3 Å². The van der Waals surface area contributed by atoms with Crippen LogP contribution in [-0.2, 0) is 5.41 Å². The van der Waals surface area contributed by atoms with Crippen LogP contribution < -0.4 is 9.47 Å². The van der Waals surface area contributed by atoms with E-state index in [4.69, 9.17) is 49.4 Å². The van der Waals surface area contributed by atoms with Crippen molar-refractivity contribution in [3.05, 3.63) is 57.6 Å². The van der Waals surface area contributed by atoms with E-state index in [0.29, 0.717) is 22.4 Å². The van der Waals surface area contributed by atoms with Crippen LogP contribution in [0.2, 0.25) is 10.0 Å². The van der Waals surface area contributed by atoms with Crippen molar-refractivity contribution in [3.63, 3.8) is 0 Å². The smallest absolute Gasteiger partial charge is 0.156 e. The van der Waals surface area contributed by atoms with Gasteiger partial charge in [0.15, 0.2) is 5.75 Å². The highest BCUT2D eigenvalue weighted by Gasteiger charge is 2.26. The van der Waals surface area contributed by atoms with Gasteiger partial charge in [-0.05, 0) is 35.4 Å². The van der Waals surface area contributed by atoms with Gasteiger partial charge in [-0.25, -0.2) is 0 Å². The van der Waals surface area contributed by atoms with E-state index in [1.54, 1.807) is 0 Å². The zero-order chi connectivity index (χ0) is 21.6. The second kappa shape index (κ2) is 10.7. The number of aliphatic hydroxyl groups is 2. The fraction of sp³-hybridized carbons (Fsp3) is 0.455. The van der Waals surface area contributed by atoms with Gasteiger partial charge in [0.1, 0.15) is 18.5 Å². The average molecular weight is 462 g/mol. The zero-order valence-electron chi connectivity index (χ0n) is 16.8. The summed E-state index contributed by atoms with van der Waals surface area (Å²) in [7, 11) is 0. The summed E-state index contributed by atoms with van der Waals surface area (Å²) in [6.07, 6.45) is -0.791. The number of hydrogen-bond acceptors (Lipinski definition) is 4. The van der Waals surface area contributed by atoms with Crippen LogP contribution in [0.4, 0.5) is 0 Å². The van der Waals surface area contributed by atoms with Gasteiger partial charge < -0.3 is 19.7 Å². The molecule has 0 amide bonds. The highest BCUT2D eigenvalue weighted by atomic mass is 35.5. The second-order valence-corrected chi connectivity index (χ2v) is 8.76. The third-order valence-electron chi connectivity index (χ3n) is 4.74. The third kappa shape index (κ3) is 6.40. The Labute approximate surface area is 187 Å². The van der Waals surface area contributed by atoms with Crippen molar-refractivity contribution >= 4 is 34.8 Å². The standard InChI is InChI=1S/C22H27Cl3O4/c1-14(11-26)12-28-18-6-4-15(5-7-18)22(2,3)16-8-19(24)21(20(25)9-16)29-13-17(27)10-23/h4-9,14,17,26-27H,10-13H2,1-3H3/t14-,17+/m1/s1. The minimum Gasteiger partial charge on any atom is -0.493 e. The fourth-order valence-corrected chi connectivity index (χ4v) is 3.39. The minimum absolute atomic E-state index is 0.0159. The van der Waals surface area contributed by atoms with Gasteiger partial charge in [0.25, 0.3) is 0 Å². The lowest BCUT2D eigenvalue weighted by Crippen LogP contribution is -2.20. The monoisotopic (exact) mass is 460 g/mol. The van der Waals surface area contributed by atoms with Crippen molar-refractivity contribution in [2.45, 2.75) is 32.3 Å². The maximum atomic E-state index is 9.57. The average Bonchev–Trinajstić information content (AvgIpc) is 2.71. The minimum atomic E-state index is -0.791. The number of hydrogen-bond donors (Lipinski definition) is 2. The van der Waals surface area contributed by atoms with Crippen molar-refractivity contribution in [2.75, 3.05) is 25.7 Å². The topological polar surface area (TPSA) is 58.9 Å². The fourth-order valence-electron chi connectivity index (χ4n) is 2.71. The van der Waals surface area contributed by atoms with Gasteiger partial charge >= 0.3 is 0 Å². The van der Waals surface area contributed by atoms with E-state index >= 15 is 0 Å². The Morgan fingerprint density at radius 1 is 0.966 bits per heavy atom. The molecule has 0 aliphatic carbocycles. The summed E-state index contributed by atoms with van der Waals surface area (Å²) < 4.78 is 11.2. The second-order valence-electron chi connectivity index (χ2n) is 7.64. The lowest BCUT2D eigenvalue weighted by Gasteiger charge is -2.27. The number of benzene rings is 2. The molecule has 0 saturated heterocycles. The molecular formula is C22H27Cl3O4.